The number of imidazole rings is 1. The number of aromatic nitrogens is 4. The maximum atomic E-state index is 11.7. The Morgan fingerprint density at radius 1 is 1.29 bits per heavy atom. The standard InChI is InChI=1S/C10H13ClN4O2/c1-14-6(4-3-5-11)12-8-7(14)9(16)13-10(17)15(8)2/h3-5H2,1-2H3,(H,13,16,17). The average Bonchev–Trinajstić information content (AvgIpc) is 2.61. The van der Waals surface area contributed by atoms with Crippen LogP contribution in [0.1, 0.15) is 12.2 Å². The molecule has 92 valence electrons. The molecule has 2 heterocycles. The van der Waals surface area contributed by atoms with Crippen molar-refractivity contribution in [2.75, 3.05) is 5.88 Å². The second-order valence-electron chi connectivity index (χ2n) is 3.87. The molecular weight excluding hydrogens is 244 g/mol. The van der Waals surface area contributed by atoms with Gasteiger partial charge in [0.1, 0.15) is 5.82 Å². The van der Waals surface area contributed by atoms with E-state index in [2.05, 4.69) is 9.97 Å². The molecule has 1 N–H and O–H groups in total. The Morgan fingerprint density at radius 2 is 2.00 bits per heavy atom. The van der Waals surface area contributed by atoms with Crippen LogP contribution < -0.4 is 11.2 Å². The van der Waals surface area contributed by atoms with Crippen LogP contribution in [0.2, 0.25) is 0 Å². The normalized spacial score (nSPS) is 11.2. The maximum Gasteiger partial charge on any atom is 0.329 e. The van der Waals surface area contributed by atoms with Crippen LogP contribution in [0.4, 0.5) is 0 Å². The van der Waals surface area contributed by atoms with E-state index < -0.39 is 11.2 Å². The molecule has 2 aromatic rings. The third kappa shape index (κ3) is 1.88. The van der Waals surface area contributed by atoms with E-state index in [-0.39, 0.29) is 0 Å². The third-order valence-corrected chi connectivity index (χ3v) is 3.03. The lowest BCUT2D eigenvalue weighted by Crippen LogP contribution is -2.29. The minimum atomic E-state index is -0.454. The first-order chi connectivity index (χ1) is 8.06. The average molecular weight is 257 g/mol. The number of hydrogen-bond donors (Lipinski definition) is 1. The molecule has 2 aromatic heterocycles. The van der Waals surface area contributed by atoms with Crippen molar-refractivity contribution in [3.63, 3.8) is 0 Å². The number of aryl methyl sites for hydroxylation is 3. The number of H-pyrrole nitrogens is 1. The van der Waals surface area contributed by atoms with Crippen molar-refractivity contribution in [3.8, 4) is 0 Å². The summed E-state index contributed by atoms with van der Waals surface area (Å²) in [6, 6.07) is 0. The van der Waals surface area contributed by atoms with Gasteiger partial charge in [-0.3, -0.25) is 14.3 Å². The molecule has 2 rings (SSSR count). The van der Waals surface area contributed by atoms with E-state index >= 15 is 0 Å². The number of aromatic amines is 1. The lowest BCUT2D eigenvalue weighted by molar-refractivity contribution is 0.773. The van der Waals surface area contributed by atoms with Gasteiger partial charge in [0, 0.05) is 26.4 Å². The Morgan fingerprint density at radius 3 is 2.65 bits per heavy atom. The van der Waals surface area contributed by atoms with Gasteiger partial charge in [-0.05, 0) is 6.42 Å². The molecular formula is C10H13ClN4O2. The molecule has 0 aliphatic heterocycles. The highest BCUT2D eigenvalue weighted by atomic mass is 35.5. The summed E-state index contributed by atoms with van der Waals surface area (Å²) < 4.78 is 3.04. The van der Waals surface area contributed by atoms with Crippen molar-refractivity contribution in [2.45, 2.75) is 12.8 Å². The fourth-order valence-electron chi connectivity index (χ4n) is 1.80. The van der Waals surface area contributed by atoms with E-state index in [9.17, 15) is 9.59 Å². The molecule has 0 fully saturated rings. The Bertz CT molecular complexity index is 667. The summed E-state index contributed by atoms with van der Waals surface area (Å²) in [5.41, 5.74) is -0.0396. The Balaban J connectivity index is 2.73. The molecule has 0 unspecified atom stereocenters. The summed E-state index contributed by atoms with van der Waals surface area (Å²) >= 11 is 5.63. The molecule has 0 aromatic carbocycles. The van der Waals surface area contributed by atoms with Crippen LogP contribution in [-0.2, 0) is 20.5 Å². The van der Waals surface area contributed by atoms with Crippen LogP contribution in [0.3, 0.4) is 0 Å². The first-order valence-corrected chi connectivity index (χ1v) is 5.80. The molecule has 17 heavy (non-hydrogen) atoms. The highest BCUT2D eigenvalue weighted by Gasteiger charge is 2.13. The lowest BCUT2D eigenvalue weighted by Gasteiger charge is -1.99. The Hall–Kier alpha value is -1.56. The minimum absolute atomic E-state index is 0.407. The zero-order chi connectivity index (χ0) is 12.6. The fraction of sp³-hybridized carbons (Fsp3) is 0.500. The SMILES string of the molecule is Cn1c(CCCCl)nc2c1c(=O)[nH]c(=O)n2C. The second kappa shape index (κ2) is 4.37. The molecule has 0 aliphatic carbocycles. The van der Waals surface area contributed by atoms with Crippen molar-refractivity contribution >= 4 is 22.8 Å². The van der Waals surface area contributed by atoms with Gasteiger partial charge in [-0.25, -0.2) is 9.78 Å². The summed E-state index contributed by atoms with van der Waals surface area (Å²) in [6.45, 7) is 0. The predicted octanol–water partition coefficient (Wildman–Crippen LogP) is 0.132. The largest absolute Gasteiger partial charge is 0.329 e. The van der Waals surface area contributed by atoms with Gasteiger partial charge in [0.05, 0.1) is 0 Å². The van der Waals surface area contributed by atoms with Gasteiger partial charge in [0.25, 0.3) is 5.56 Å². The van der Waals surface area contributed by atoms with Crippen molar-refractivity contribution in [3.05, 3.63) is 26.7 Å². The molecule has 0 spiro atoms. The first kappa shape index (κ1) is 11.9. The monoisotopic (exact) mass is 256 g/mol. The van der Waals surface area contributed by atoms with Crippen molar-refractivity contribution in [2.24, 2.45) is 14.1 Å². The topological polar surface area (TPSA) is 72.7 Å². The van der Waals surface area contributed by atoms with E-state index in [1.54, 1.807) is 18.7 Å². The predicted molar refractivity (Wildman–Crippen MR) is 65.6 cm³/mol. The zero-order valence-corrected chi connectivity index (χ0v) is 10.4. The molecule has 7 heteroatoms. The lowest BCUT2D eigenvalue weighted by atomic mass is 10.3. The number of rotatable bonds is 3. The molecule has 0 radical (unpaired) electrons. The van der Waals surface area contributed by atoms with E-state index in [1.165, 1.54) is 4.57 Å². The molecule has 0 saturated carbocycles. The summed E-state index contributed by atoms with van der Waals surface area (Å²) in [7, 11) is 3.34. The van der Waals surface area contributed by atoms with Gasteiger partial charge in [-0.15, -0.1) is 11.6 Å². The number of hydrogen-bond acceptors (Lipinski definition) is 3. The maximum absolute atomic E-state index is 11.7. The van der Waals surface area contributed by atoms with Crippen molar-refractivity contribution < 1.29 is 0 Å². The van der Waals surface area contributed by atoms with Crippen LogP contribution >= 0.6 is 11.6 Å². The molecule has 0 saturated heterocycles. The van der Waals surface area contributed by atoms with Gasteiger partial charge in [-0.2, -0.15) is 0 Å². The summed E-state index contributed by atoms with van der Waals surface area (Å²) in [4.78, 5) is 29.7. The quantitative estimate of drug-likeness (QED) is 0.794. The number of halogens is 1. The van der Waals surface area contributed by atoms with Crippen LogP contribution in [0.15, 0.2) is 9.59 Å². The van der Waals surface area contributed by atoms with Gasteiger partial charge >= 0.3 is 5.69 Å². The minimum Gasteiger partial charge on any atom is -0.325 e. The molecule has 0 amide bonds. The Kier molecular flexibility index (Phi) is 3.06. The van der Waals surface area contributed by atoms with Crippen molar-refractivity contribution in [1.82, 2.24) is 19.1 Å². The van der Waals surface area contributed by atoms with E-state index in [1.807, 2.05) is 0 Å². The number of nitrogens with one attached hydrogen (secondary N) is 1. The molecule has 0 aliphatic rings. The number of nitrogens with zero attached hydrogens (tertiary/aromatic N) is 3. The smallest absolute Gasteiger partial charge is 0.325 e. The van der Waals surface area contributed by atoms with E-state index in [4.69, 9.17) is 11.6 Å². The van der Waals surface area contributed by atoms with Crippen LogP contribution in [0, 0.1) is 0 Å². The van der Waals surface area contributed by atoms with Gasteiger partial charge < -0.3 is 4.57 Å². The number of alkyl halides is 1. The van der Waals surface area contributed by atoms with Crippen LogP contribution in [0.25, 0.3) is 11.2 Å². The molecule has 0 bridgehead atoms. The highest BCUT2D eigenvalue weighted by Crippen LogP contribution is 2.10. The van der Waals surface area contributed by atoms with Crippen LogP contribution in [0.5, 0.6) is 0 Å². The summed E-state index contributed by atoms with van der Waals surface area (Å²) in [6.07, 6.45) is 1.47. The zero-order valence-electron chi connectivity index (χ0n) is 9.66. The fourth-order valence-corrected chi connectivity index (χ4v) is 1.94. The van der Waals surface area contributed by atoms with E-state index in [0.717, 1.165) is 12.2 Å². The number of fused-ring (bicyclic) bond motifs is 1. The molecule has 6 nitrogen and oxygen atoms in total. The second-order valence-corrected chi connectivity index (χ2v) is 4.25. The summed E-state index contributed by atoms with van der Waals surface area (Å²) in [5.74, 6) is 1.30. The summed E-state index contributed by atoms with van der Waals surface area (Å²) in [5, 5.41) is 0. The van der Waals surface area contributed by atoms with Gasteiger partial charge in [0.15, 0.2) is 11.2 Å². The third-order valence-electron chi connectivity index (χ3n) is 2.76. The van der Waals surface area contributed by atoms with Crippen molar-refractivity contribution in [1.29, 1.82) is 0 Å². The van der Waals surface area contributed by atoms with Gasteiger partial charge in [-0.1, -0.05) is 0 Å². The van der Waals surface area contributed by atoms with Gasteiger partial charge in [0.2, 0.25) is 0 Å². The van der Waals surface area contributed by atoms with E-state index in [0.29, 0.717) is 23.5 Å². The highest BCUT2D eigenvalue weighted by molar-refractivity contribution is 6.17. The Labute approximate surface area is 102 Å². The first-order valence-electron chi connectivity index (χ1n) is 5.27. The van der Waals surface area contributed by atoms with Crippen LogP contribution in [-0.4, -0.2) is 25.0 Å². The molecule has 0 atom stereocenters.